The predicted octanol–water partition coefficient (Wildman–Crippen LogP) is 3.73. The van der Waals surface area contributed by atoms with Crippen LogP contribution in [0.25, 0.3) is 10.9 Å². The van der Waals surface area contributed by atoms with Gasteiger partial charge in [-0.25, -0.2) is 9.97 Å². The van der Waals surface area contributed by atoms with Crippen molar-refractivity contribution in [1.29, 1.82) is 0 Å². The fourth-order valence-electron chi connectivity index (χ4n) is 3.94. The van der Waals surface area contributed by atoms with Crippen molar-refractivity contribution in [3.63, 3.8) is 0 Å². The minimum atomic E-state index is -0.207. The van der Waals surface area contributed by atoms with Crippen molar-refractivity contribution in [2.75, 3.05) is 25.0 Å². The number of pyridine rings is 1. The Morgan fingerprint density at radius 1 is 1.34 bits per heavy atom. The lowest BCUT2D eigenvalue weighted by atomic mass is 10.0. The first-order valence-corrected chi connectivity index (χ1v) is 11.5. The van der Waals surface area contributed by atoms with Crippen molar-refractivity contribution in [1.82, 2.24) is 24.6 Å². The number of para-hydroxylation sites is 1. The number of rotatable bonds is 6. The molecule has 1 amide bonds. The third kappa shape index (κ3) is 4.40. The van der Waals surface area contributed by atoms with E-state index in [2.05, 4.69) is 33.4 Å². The van der Waals surface area contributed by atoms with Gasteiger partial charge in [0, 0.05) is 54.9 Å². The number of morpholine rings is 1. The third-order valence-corrected chi connectivity index (χ3v) is 6.22. The summed E-state index contributed by atoms with van der Waals surface area (Å²) in [6.45, 7) is 5.91. The van der Waals surface area contributed by atoms with Crippen LogP contribution < -0.4 is 5.32 Å². The summed E-state index contributed by atoms with van der Waals surface area (Å²) in [7, 11) is 0. The van der Waals surface area contributed by atoms with E-state index in [9.17, 15) is 4.79 Å². The summed E-state index contributed by atoms with van der Waals surface area (Å²) in [6.07, 6.45) is 5.47. The molecule has 32 heavy (non-hydrogen) atoms. The van der Waals surface area contributed by atoms with Crippen molar-refractivity contribution in [2.45, 2.75) is 26.1 Å². The van der Waals surface area contributed by atoms with E-state index in [1.165, 1.54) is 16.9 Å². The molecule has 0 bridgehead atoms. The number of anilines is 1. The van der Waals surface area contributed by atoms with Crippen LogP contribution in [-0.2, 0) is 17.8 Å². The van der Waals surface area contributed by atoms with Crippen LogP contribution in [0.5, 0.6) is 0 Å². The van der Waals surface area contributed by atoms with Gasteiger partial charge in [-0.15, -0.1) is 11.3 Å². The van der Waals surface area contributed by atoms with Gasteiger partial charge in [-0.1, -0.05) is 18.2 Å². The molecule has 164 valence electrons. The Balaban J connectivity index is 1.41. The SMILES string of the molecule is CCn1cc(CN2CCO[C@H](c3cc(C(=O)Nc4nccs4)c4ccccc4n3)C2)cn1. The molecule has 0 radical (unpaired) electrons. The maximum absolute atomic E-state index is 13.1. The van der Waals surface area contributed by atoms with Crippen LogP contribution >= 0.6 is 11.3 Å². The zero-order valence-electron chi connectivity index (χ0n) is 17.8. The Kier molecular flexibility index (Phi) is 5.93. The molecule has 5 rings (SSSR count). The molecule has 8 nitrogen and oxygen atoms in total. The van der Waals surface area contributed by atoms with Crippen molar-refractivity contribution in [3.05, 3.63) is 71.1 Å². The Labute approximate surface area is 189 Å². The van der Waals surface area contributed by atoms with E-state index >= 15 is 0 Å². The van der Waals surface area contributed by atoms with Crippen LogP contribution in [0.3, 0.4) is 0 Å². The number of hydrogen-bond donors (Lipinski definition) is 1. The molecule has 1 saturated heterocycles. The maximum Gasteiger partial charge on any atom is 0.258 e. The highest BCUT2D eigenvalue weighted by Gasteiger charge is 2.25. The van der Waals surface area contributed by atoms with Gasteiger partial charge < -0.3 is 4.74 Å². The van der Waals surface area contributed by atoms with Gasteiger partial charge in [0.1, 0.15) is 6.10 Å². The van der Waals surface area contributed by atoms with E-state index in [1.807, 2.05) is 46.6 Å². The summed E-state index contributed by atoms with van der Waals surface area (Å²) < 4.78 is 8.02. The third-order valence-electron chi connectivity index (χ3n) is 5.53. The molecule has 9 heteroatoms. The monoisotopic (exact) mass is 448 g/mol. The second-order valence-corrected chi connectivity index (χ2v) is 8.60. The number of amides is 1. The van der Waals surface area contributed by atoms with E-state index in [1.54, 1.807) is 6.20 Å². The van der Waals surface area contributed by atoms with E-state index in [-0.39, 0.29) is 12.0 Å². The lowest BCUT2D eigenvalue weighted by Crippen LogP contribution is -2.38. The molecule has 0 saturated carbocycles. The molecule has 1 aliphatic heterocycles. The zero-order chi connectivity index (χ0) is 21.9. The van der Waals surface area contributed by atoms with Crippen molar-refractivity contribution in [3.8, 4) is 0 Å². The molecule has 3 aromatic heterocycles. The fraction of sp³-hybridized carbons (Fsp3) is 0.304. The minimum Gasteiger partial charge on any atom is -0.369 e. The second kappa shape index (κ2) is 9.15. The molecule has 1 N–H and O–H groups in total. The number of carbonyl (C=O) groups excluding carboxylic acids is 1. The van der Waals surface area contributed by atoms with Crippen LogP contribution in [0.15, 0.2) is 54.3 Å². The molecular formula is C23H24N6O2S. The fourth-order valence-corrected chi connectivity index (χ4v) is 4.47. The van der Waals surface area contributed by atoms with E-state index < -0.39 is 0 Å². The van der Waals surface area contributed by atoms with E-state index in [4.69, 9.17) is 9.72 Å². The Morgan fingerprint density at radius 3 is 3.06 bits per heavy atom. The van der Waals surface area contributed by atoms with Gasteiger partial charge in [0.2, 0.25) is 0 Å². The normalized spacial score (nSPS) is 17.0. The van der Waals surface area contributed by atoms with E-state index in [0.717, 1.165) is 36.2 Å². The number of hydrogen-bond acceptors (Lipinski definition) is 7. The van der Waals surface area contributed by atoms with Crippen molar-refractivity contribution >= 4 is 33.3 Å². The van der Waals surface area contributed by atoms with E-state index in [0.29, 0.717) is 23.8 Å². The quantitative estimate of drug-likeness (QED) is 0.484. The van der Waals surface area contributed by atoms with Gasteiger partial charge in [0.25, 0.3) is 5.91 Å². The Morgan fingerprint density at radius 2 is 2.25 bits per heavy atom. The summed E-state index contributed by atoms with van der Waals surface area (Å²) in [5.41, 5.74) is 3.30. The molecule has 1 fully saturated rings. The van der Waals surface area contributed by atoms with Crippen LogP contribution in [0.4, 0.5) is 5.13 Å². The summed E-state index contributed by atoms with van der Waals surface area (Å²) in [6, 6.07) is 9.55. The second-order valence-electron chi connectivity index (χ2n) is 7.70. The highest BCUT2D eigenvalue weighted by molar-refractivity contribution is 7.13. The van der Waals surface area contributed by atoms with Crippen LogP contribution in [0, 0.1) is 0 Å². The highest BCUT2D eigenvalue weighted by atomic mass is 32.1. The first-order valence-electron chi connectivity index (χ1n) is 10.7. The first kappa shape index (κ1) is 20.7. The van der Waals surface area contributed by atoms with Gasteiger partial charge in [0.15, 0.2) is 5.13 Å². The molecule has 1 aromatic carbocycles. The topological polar surface area (TPSA) is 85.2 Å². The number of nitrogens with one attached hydrogen (secondary N) is 1. The average Bonchev–Trinajstić information content (AvgIpc) is 3.50. The number of aryl methyl sites for hydroxylation is 1. The largest absolute Gasteiger partial charge is 0.369 e. The number of benzene rings is 1. The van der Waals surface area contributed by atoms with Gasteiger partial charge in [-0.3, -0.25) is 19.7 Å². The molecular weight excluding hydrogens is 424 g/mol. The number of nitrogens with zero attached hydrogens (tertiary/aromatic N) is 5. The van der Waals surface area contributed by atoms with Gasteiger partial charge in [-0.05, 0) is 19.1 Å². The van der Waals surface area contributed by atoms with Crippen molar-refractivity contribution < 1.29 is 9.53 Å². The molecule has 4 heterocycles. The lowest BCUT2D eigenvalue weighted by Gasteiger charge is -2.32. The molecule has 0 aliphatic carbocycles. The molecule has 1 atom stereocenters. The van der Waals surface area contributed by atoms with Crippen LogP contribution in [-0.4, -0.2) is 50.3 Å². The van der Waals surface area contributed by atoms with Gasteiger partial charge >= 0.3 is 0 Å². The predicted molar refractivity (Wildman–Crippen MR) is 124 cm³/mol. The molecule has 4 aromatic rings. The molecule has 0 unspecified atom stereocenters. The summed E-state index contributed by atoms with van der Waals surface area (Å²) in [4.78, 5) is 24.4. The number of ether oxygens (including phenoxy) is 1. The van der Waals surface area contributed by atoms with Crippen molar-refractivity contribution in [2.24, 2.45) is 0 Å². The first-order chi connectivity index (χ1) is 15.7. The standard InChI is InChI=1S/C23H24N6O2S/c1-2-29-14-16(12-25-29)13-28-8-9-31-21(15-28)20-11-18(17-5-3-4-6-19(17)26-20)22(30)27-23-24-7-10-32-23/h3-7,10-12,14,21H,2,8-9,13,15H2,1H3,(H,24,27,30)/t21-/m0/s1. The summed E-state index contributed by atoms with van der Waals surface area (Å²) >= 11 is 1.39. The molecule has 0 spiro atoms. The van der Waals surface area contributed by atoms with Crippen LogP contribution in [0.1, 0.15) is 34.6 Å². The van der Waals surface area contributed by atoms with Gasteiger partial charge in [0.05, 0.1) is 29.6 Å². The molecule has 1 aliphatic rings. The number of fused-ring (bicyclic) bond motifs is 1. The summed E-state index contributed by atoms with van der Waals surface area (Å²) in [5, 5.41) is 10.5. The maximum atomic E-state index is 13.1. The zero-order valence-corrected chi connectivity index (χ0v) is 18.6. The number of thiazole rings is 1. The van der Waals surface area contributed by atoms with Crippen LogP contribution in [0.2, 0.25) is 0 Å². The number of carbonyl (C=O) groups is 1. The Hall–Kier alpha value is -3.14. The lowest BCUT2D eigenvalue weighted by molar-refractivity contribution is -0.0348. The minimum absolute atomic E-state index is 0.195. The smallest absolute Gasteiger partial charge is 0.258 e. The average molecular weight is 449 g/mol. The summed E-state index contributed by atoms with van der Waals surface area (Å²) in [5.74, 6) is -0.195. The highest BCUT2D eigenvalue weighted by Crippen LogP contribution is 2.27. The number of aromatic nitrogens is 4. The van der Waals surface area contributed by atoms with Gasteiger partial charge in [-0.2, -0.15) is 5.10 Å². The Bertz CT molecular complexity index is 1220.